The Morgan fingerprint density at radius 1 is 1.18 bits per heavy atom. The Morgan fingerprint density at radius 2 is 1.89 bits per heavy atom. The largest absolute Gasteiger partial charge is 0.493 e. The number of carbonyl (C=O) groups excluding carboxylic acids is 2. The molecule has 0 aromatic heterocycles. The molecule has 0 aliphatic carbocycles. The molecule has 0 aliphatic heterocycles. The average molecular weight is 407 g/mol. The Hall–Kier alpha value is -2.86. The van der Waals surface area contributed by atoms with Gasteiger partial charge in [0.25, 0.3) is 0 Å². The summed E-state index contributed by atoms with van der Waals surface area (Å²) < 4.78 is 28.6. The van der Waals surface area contributed by atoms with Crippen LogP contribution in [0, 0.1) is 5.82 Å². The summed E-state index contributed by atoms with van der Waals surface area (Å²) in [6.45, 7) is 2.03. The molecule has 148 valence electrons. The maximum Gasteiger partial charge on any atom is 0.331 e. The Balaban J connectivity index is 1.98. The fourth-order valence-corrected chi connectivity index (χ4v) is 2.52. The molecule has 0 fully saturated rings. The van der Waals surface area contributed by atoms with Gasteiger partial charge in [-0.15, -0.1) is 0 Å². The highest BCUT2D eigenvalue weighted by Gasteiger charge is 2.12. The topological polar surface area (TPSA) is 61.8 Å². The lowest BCUT2D eigenvalue weighted by Crippen LogP contribution is -2.12. The van der Waals surface area contributed by atoms with Crippen molar-refractivity contribution in [1.82, 2.24) is 0 Å². The molecule has 0 N–H and O–H groups in total. The number of Topliss-reactive ketones (excluding diaryl/α,β-unsaturated/α-hetero) is 1. The standard InChI is InChI=1S/C21H20ClFO5/c1-3-10-27-21-17(22)11-14(12-19(21)26-2)4-9-20(25)28-13-18(24)15-5-7-16(23)8-6-15/h4-9,11-12H,3,10,13H2,1-2H3/b9-4+. The summed E-state index contributed by atoms with van der Waals surface area (Å²) in [5, 5.41) is 0.354. The number of hydrogen-bond acceptors (Lipinski definition) is 5. The van der Waals surface area contributed by atoms with Crippen molar-refractivity contribution >= 4 is 29.4 Å². The van der Waals surface area contributed by atoms with Crippen LogP contribution in [0.25, 0.3) is 6.08 Å². The van der Waals surface area contributed by atoms with Crippen molar-refractivity contribution in [3.05, 3.63) is 64.4 Å². The molecule has 2 aromatic rings. The van der Waals surface area contributed by atoms with E-state index in [2.05, 4.69) is 0 Å². The molecule has 0 saturated carbocycles. The number of rotatable bonds is 9. The summed E-state index contributed by atoms with van der Waals surface area (Å²) in [6.07, 6.45) is 3.49. The normalized spacial score (nSPS) is 10.7. The van der Waals surface area contributed by atoms with Crippen LogP contribution < -0.4 is 9.47 Å². The Morgan fingerprint density at radius 3 is 2.54 bits per heavy atom. The minimum atomic E-state index is -0.697. The third-order valence-electron chi connectivity index (χ3n) is 3.63. The Labute approximate surface area is 167 Å². The summed E-state index contributed by atoms with van der Waals surface area (Å²) in [6, 6.07) is 8.29. The van der Waals surface area contributed by atoms with Crippen molar-refractivity contribution in [2.45, 2.75) is 13.3 Å². The maximum absolute atomic E-state index is 12.9. The van der Waals surface area contributed by atoms with Crippen LogP contribution in [-0.2, 0) is 9.53 Å². The third kappa shape index (κ3) is 6.09. The molecule has 2 rings (SSSR count). The van der Waals surface area contributed by atoms with E-state index in [1.165, 1.54) is 43.5 Å². The van der Waals surface area contributed by atoms with Gasteiger partial charge in [0.2, 0.25) is 0 Å². The zero-order valence-corrected chi connectivity index (χ0v) is 16.3. The third-order valence-corrected chi connectivity index (χ3v) is 3.91. The van der Waals surface area contributed by atoms with Crippen LogP contribution in [0.5, 0.6) is 11.5 Å². The fraction of sp³-hybridized carbons (Fsp3) is 0.238. The molecule has 0 saturated heterocycles. The van der Waals surface area contributed by atoms with Crippen LogP contribution in [0.1, 0.15) is 29.3 Å². The number of methoxy groups -OCH3 is 1. The fourth-order valence-electron chi connectivity index (χ4n) is 2.25. The quantitative estimate of drug-likeness (QED) is 0.342. The van der Waals surface area contributed by atoms with Crippen molar-refractivity contribution in [3.8, 4) is 11.5 Å². The van der Waals surface area contributed by atoms with Crippen LogP contribution in [0.15, 0.2) is 42.5 Å². The Bertz CT molecular complexity index is 862. The van der Waals surface area contributed by atoms with Crippen LogP contribution >= 0.6 is 11.6 Å². The van der Waals surface area contributed by atoms with Crippen molar-refractivity contribution in [1.29, 1.82) is 0 Å². The zero-order chi connectivity index (χ0) is 20.5. The lowest BCUT2D eigenvalue weighted by Gasteiger charge is -2.12. The van der Waals surface area contributed by atoms with Crippen LogP contribution in [0.3, 0.4) is 0 Å². The minimum absolute atomic E-state index is 0.261. The summed E-state index contributed by atoms with van der Waals surface area (Å²) in [5.41, 5.74) is 0.866. The van der Waals surface area contributed by atoms with E-state index in [1.54, 1.807) is 12.1 Å². The van der Waals surface area contributed by atoms with Gasteiger partial charge in [-0.2, -0.15) is 0 Å². The number of carbonyl (C=O) groups is 2. The monoisotopic (exact) mass is 406 g/mol. The van der Waals surface area contributed by atoms with E-state index in [9.17, 15) is 14.0 Å². The van der Waals surface area contributed by atoms with Crippen LogP contribution in [0.2, 0.25) is 5.02 Å². The van der Waals surface area contributed by atoms with E-state index in [4.69, 9.17) is 25.8 Å². The van der Waals surface area contributed by atoms with Gasteiger partial charge in [0.15, 0.2) is 23.9 Å². The predicted octanol–water partition coefficient (Wildman–Crippen LogP) is 4.72. The van der Waals surface area contributed by atoms with Gasteiger partial charge in [0.05, 0.1) is 18.7 Å². The smallest absolute Gasteiger partial charge is 0.331 e. The van der Waals surface area contributed by atoms with E-state index in [-0.39, 0.29) is 5.56 Å². The zero-order valence-electron chi connectivity index (χ0n) is 15.5. The molecule has 28 heavy (non-hydrogen) atoms. The molecule has 5 nitrogen and oxygen atoms in total. The second-order valence-electron chi connectivity index (χ2n) is 5.75. The van der Waals surface area contributed by atoms with Gasteiger partial charge in [0, 0.05) is 11.6 Å². The molecule has 0 heterocycles. The predicted molar refractivity (Wildman–Crippen MR) is 105 cm³/mol. The van der Waals surface area contributed by atoms with Gasteiger partial charge in [-0.05, 0) is 54.5 Å². The number of ether oxygens (including phenoxy) is 3. The molecule has 0 bridgehead atoms. The highest BCUT2D eigenvalue weighted by atomic mass is 35.5. The summed E-state index contributed by atoms with van der Waals surface area (Å²) in [5.74, 6) is -0.687. The highest BCUT2D eigenvalue weighted by molar-refractivity contribution is 6.32. The van der Waals surface area contributed by atoms with Gasteiger partial charge in [-0.3, -0.25) is 4.79 Å². The summed E-state index contributed by atoms with van der Waals surface area (Å²) >= 11 is 6.22. The number of benzene rings is 2. The number of halogens is 2. The number of hydrogen-bond donors (Lipinski definition) is 0. The first-order chi connectivity index (χ1) is 13.4. The number of ketones is 1. The van der Waals surface area contributed by atoms with E-state index in [1.807, 2.05) is 6.92 Å². The lowest BCUT2D eigenvalue weighted by atomic mass is 10.1. The van der Waals surface area contributed by atoms with Crippen molar-refractivity contribution in [2.24, 2.45) is 0 Å². The molecule has 0 unspecified atom stereocenters. The van der Waals surface area contributed by atoms with E-state index < -0.39 is 24.2 Å². The minimum Gasteiger partial charge on any atom is -0.493 e. The first-order valence-corrected chi connectivity index (χ1v) is 8.96. The molecule has 0 aliphatic rings. The van der Waals surface area contributed by atoms with E-state index in [0.29, 0.717) is 28.7 Å². The molecular formula is C21H20ClFO5. The van der Waals surface area contributed by atoms with Crippen molar-refractivity contribution < 1.29 is 28.2 Å². The highest BCUT2D eigenvalue weighted by Crippen LogP contribution is 2.36. The first-order valence-electron chi connectivity index (χ1n) is 8.58. The average Bonchev–Trinajstić information content (AvgIpc) is 2.69. The molecule has 0 atom stereocenters. The lowest BCUT2D eigenvalue weighted by molar-refractivity contribution is -0.136. The molecule has 0 radical (unpaired) electrons. The summed E-state index contributed by atoms with van der Waals surface area (Å²) in [4.78, 5) is 23.8. The van der Waals surface area contributed by atoms with Gasteiger partial charge >= 0.3 is 5.97 Å². The van der Waals surface area contributed by atoms with E-state index in [0.717, 1.165) is 6.42 Å². The molecule has 0 spiro atoms. The molecule has 7 heteroatoms. The van der Waals surface area contributed by atoms with Gasteiger partial charge in [-0.1, -0.05) is 18.5 Å². The van der Waals surface area contributed by atoms with E-state index >= 15 is 0 Å². The van der Waals surface area contributed by atoms with Crippen molar-refractivity contribution in [3.63, 3.8) is 0 Å². The van der Waals surface area contributed by atoms with Gasteiger partial charge in [-0.25, -0.2) is 9.18 Å². The van der Waals surface area contributed by atoms with Crippen LogP contribution in [-0.4, -0.2) is 32.1 Å². The molecule has 2 aromatic carbocycles. The van der Waals surface area contributed by atoms with Gasteiger partial charge in [0.1, 0.15) is 5.82 Å². The molecular weight excluding hydrogens is 387 g/mol. The SMILES string of the molecule is CCCOc1c(Cl)cc(/C=C/C(=O)OCC(=O)c2ccc(F)cc2)cc1OC. The van der Waals surface area contributed by atoms with Gasteiger partial charge < -0.3 is 14.2 Å². The van der Waals surface area contributed by atoms with Crippen LogP contribution in [0.4, 0.5) is 4.39 Å². The molecule has 0 amide bonds. The first kappa shape index (κ1) is 21.4. The second-order valence-corrected chi connectivity index (χ2v) is 6.16. The van der Waals surface area contributed by atoms with Crippen molar-refractivity contribution in [2.75, 3.05) is 20.3 Å². The number of esters is 1. The maximum atomic E-state index is 12.9. The second kappa shape index (κ2) is 10.5. The summed E-state index contributed by atoms with van der Waals surface area (Å²) in [7, 11) is 1.49. The Kier molecular flexibility index (Phi) is 8.02.